The van der Waals surface area contributed by atoms with Gasteiger partial charge in [-0.25, -0.2) is 4.57 Å². The summed E-state index contributed by atoms with van der Waals surface area (Å²) in [6, 6.07) is 15.0. The van der Waals surface area contributed by atoms with Crippen molar-refractivity contribution in [2.24, 2.45) is 0 Å². The molecule has 0 bridgehead atoms. The monoisotopic (exact) mass is 301 g/mol. The average molecular weight is 301 g/mol. The van der Waals surface area contributed by atoms with Crippen molar-refractivity contribution in [3.63, 3.8) is 0 Å². The van der Waals surface area contributed by atoms with E-state index in [0.29, 0.717) is 0 Å². The van der Waals surface area contributed by atoms with Crippen LogP contribution in [-0.2, 0) is 12.6 Å². The minimum absolute atomic E-state index is 1.03. The smallest absolute Gasteiger partial charge is 0.225 e. The van der Waals surface area contributed by atoms with Crippen LogP contribution in [0.1, 0.15) is 11.3 Å². The van der Waals surface area contributed by atoms with Crippen LogP contribution < -0.4 is 9.75 Å². The number of hydrogen-bond acceptors (Lipinski definition) is 0. The highest BCUT2D eigenvalue weighted by atomic mass is 28.3. The van der Waals surface area contributed by atoms with Crippen LogP contribution in [0, 0.1) is 0 Å². The highest BCUT2D eigenvalue weighted by Crippen LogP contribution is 2.36. The van der Waals surface area contributed by atoms with Gasteiger partial charge in [-0.15, -0.1) is 0 Å². The fraction of sp³-hybridized carbons (Fsp3) is 0.211. The van der Waals surface area contributed by atoms with E-state index in [1.807, 2.05) is 0 Å². The van der Waals surface area contributed by atoms with Gasteiger partial charge in [-0.2, -0.15) is 4.40 Å². The molecule has 2 nitrogen and oxygen atoms in total. The molecule has 4 heterocycles. The number of nitrogens with zero attached hydrogens (tertiary/aromatic N) is 2. The molecular weight excluding hydrogens is 284 g/mol. The second-order valence-corrected chi connectivity index (χ2v) is 12.2. The highest BCUT2D eigenvalue weighted by molar-refractivity contribution is 6.91. The molecule has 0 atom stereocenters. The molecule has 106 valence electrons. The molecule has 6 rings (SSSR count). The van der Waals surface area contributed by atoms with E-state index in [2.05, 4.69) is 64.7 Å². The number of pyridine rings is 1. The number of hydrogen-bond donors (Lipinski definition) is 0. The normalized spacial score (nSPS) is 17.5. The van der Waals surface area contributed by atoms with Crippen LogP contribution in [0.2, 0.25) is 13.1 Å². The maximum Gasteiger partial charge on any atom is 0.295 e. The van der Waals surface area contributed by atoms with Gasteiger partial charge in [-0.3, -0.25) is 0 Å². The maximum atomic E-state index is 2.57. The van der Waals surface area contributed by atoms with Crippen LogP contribution in [0.15, 0.2) is 42.6 Å². The van der Waals surface area contributed by atoms with Crippen molar-refractivity contribution >= 4 is 40.6 Å². The molecular formula is C19H17N2Si+. The summed E-state index contributed by atoms with van der Waals surface area (Å²) >= 11 is 0. The summed E-state index contributed by atoms with van der Waals surface area (Å²) in [6.45, 7) is 6.06. The van der Waals surface area contributed by atoms with Crippen molar-refractivity contribution in [1.29, 1.82) is 0 Å². The van der Waals surface area contributed by atoms with Gasteiger partial charge in [0.15, 0.2) is 0 Å². The van der Waals surface area contributed by atoms with Gasteiger partial charge >= 0.3 is 0 Å². The first kappa shape index (κ1) is 11.4. The topological polar surface area (TPSA) is 8.29 Å². The van der Waals surface area contributed by atoms with Crippen molar-refractivity contribution in [3.05, 3.63) is 53.9 Å². The van der Waals surface area contributed by atoms with Gasteiger partial charge in [0.2, 0.25) is 0 Å². The zero-order valence-electron chi connectivity index (χ0n) is 12.9. The van der Waals surface area contributed by atoms with Gasteiger partial charge in [0.25, 0.3) is 5.65 Å². The Labute approximate surface area is 129 Å². The third-order valence-corrected chi connectivity index (χ3v) is 8.80. The van der Waals surface area contributed by atoms with Crippen LogP contribution in [0.3, 0.4) is 0 Å². The summed E-state index contributed by atoms with van der Waals surface area (Å²) in [7, 11) is -1.40. The van der Waals surface area contributed by atoms with E-state index in [1.54, 1.807) is 5.19 Å². The van der Waals surface area contributed by atoms with Crippen molar-refractivity contribution in [2.75, 3.05) is 0 Å². The minimum Gasteiger partial charge on any atom is -0.225 e. The van der Waals surface area contributed by atoms with Gasteiger partial charge in [0, 0.05) is 22.4 Å². The summed E-state index contributed by atoms with van der Waals surface area (Å²) in [5.74, 6) is 0. The lowest BCUT2D eigenvalue weighted by Gasteiger charge is -2.26. The van der Waals surface area contributed by atoms with Crippen molar-refractivity contribution in [2.45, 2.75) is 25.7 Å². The van der Waals surface area contributed by atoms with Gasteiger partial charge < -0.3 is 0 Å². The Bertz CT molecular complexity index is 1150. The molecule has 0 spiro atoms. The molecule has 0 radical (unpaired) electrons. The first-order chi connectivity index (χ1) is 10.6. The van der Waals surface area contributed by atoms with Gasteiger partial charge in [0.05, 0.1) is 13.5 Å². The maximum absolute atomic E-state index is 2.57. The van der Waals surface area contributed by atoms with E-state index in [0.717, 1.165) is 6.54 Å². The number of imidazole rings is 1. The van der Waals surface area contributed by atoms with Gasteiger partial charge in [-0.1, -0.05) is 49.5 Å². The average Bonchev–Trinajstić information content (AvgIpc) is 3.01. The Morgan fingerprint density at radius 1 is 1.05 bits per heavy atom. The first-order valence-corrected chi connectivity index (χ1v) is 11.3. The summed E-state index contributed by atoms with van der Waals surface area (Å²) in [4.78, 5) is 0. The molecule has 2 aliphatic heterocycles. The van der Waals surface area contributed by atoms with Gasteiger partial charge in [-0.05, 0) is 5.19 Å². The summed E-state index contributed by atoms with van der Waals surface area (Å²) in [5.41, 5.74) is 5.90. The second-order valence-electron chi connectivity index (χ2n) is 7.51. The van der Waals surface area contributed by atoms with E-state index < -0.39 is 8.07 Å². The number of fused-ring (bicyclic) bond motifs is 1. The fourth-order valence-corrected chi connectivity index (χ4v) is 7.59. The fourth-order valence-electron chi connectivity index (χ4n) is 4.81. The Kier molecular flexibility index (Phi) is 1.70. The molecule has 2 aromatic heterocycles. The largest absolute Gasteiger partial charge is 0.295 e. The molecule has 3 heteroatoms. The van der Waals surface area contributed by atoms with Crippen molar-refractivity contribution in [3.8, 4) is 0 Å². The molecule has 2 aliphatic rings. The van der Waals surface area contributed by atoms with E-state index in [9.17, 15) is 0 Å². The van der Waals surface area contributed by atoms with Crippen LogP contribution in [0.4, 0.5) is 0 Å². The minimum atomic E-state index is -1.40. The first-order valence-electron chi connectivity index (χ1n) is 8.06. The molecule has 0 saturated heterocycles. The predicted molar refractivity (Wildman–Crippen MR) is 92.5 cm³/mol. The molecule has 0 unspecified atom stereocenters. The number of para-hydroxylation sites is 1. The standard InChI is InChI=1S/C19H17N2Si/c1-22(2)11-13-10-20-9-12-5-3-6-14-15-7-4-8-16(22)18(15)21(13)19(20)17(12)14/h3-8,10H,9,11H2,1-2H3/q+1. The molecule has 4 aromatic rings. The van der Waals surface area contributed by atoms with E-state index >= 15 is 0 Å². The Balaban J connectivity index is 2.07. The Morgan fingerprint density at radius 3 is 2.77 bits per heavy atom. The van der Waals surface area contributed by atoms with Crippen LogP contribution >= 0.6 is 0 Å². The molecule has 0 N–H and O–H groups in total. The quantitative estimate of drug-likeness (QED) is 0.236. The molecule has 0 saturated carbocycles. The third kappa shape index (κ3) is 1.07. The predicted octanol–water partition coefficient (Wildman–Crippen LogP) is 2.91. The Morgan fingerprint density at radius 2 is 1.86 bits per heavy atom. The van der Waals surface area contributed by atoms with E-state index in [4.69, 9.17) is 0 Å². The SMILES string of the molecule is C[Si]1(C)Cc2c[n+]3c4c5c(cccc5c5cccc1c5n24)C3. The lowest BCUT2D eigenvalue weighted by Crippen LogP contribution is -2.47. The van der Waals surface area contributed by atoms with E-state index in [1.165, 1.54) is 44.6 Å². The Hall–Kier alpha value is -2.13. The summed E-state index contributed by atoms with van der Waals surface area (Å²) < 4.78 is 5.04. The number of rotatable bonds is 0. The molecule has 0 amide bonds. The van der Waals surface area contributed by atoms with Crippen LogP contribution in [-0.4, -0.2) is 12.5 Å². The zero-order valence-corrected chi connectivity index (χ0v) is 13.9. The zero-order chi connectivity index (χ0) is 14.6. The van der Waals surface area contributed by atoms with E-state index in [-0.39, 0.29) is 0 Å². The summed E-state index contributed by atoms with van der Waals surface area (Å²) in [6.07, 6.45) is 2.42. The third-order valence-electron chi connectivity index (χ3n) is 5.69. The number of aromatic nitrogens is 2. The molecule has 22 heavy (non-hydrogen) atoms. The second kappa shape index (κ2) is 3.28. The van der Waals surface area contributed by atoms with Crippen molar-refractivity contribution < 1.29 is 4.57 Å². The molecule has 0 aliphatic carbocycles. The lowest BCUT2D eigenvalue weighted by molar-refractivity contribution is -0.657. The number of benzene rings is 2. The van der Waals surface area contributed by atoms with Crippen molar-refractivity contribution in [1.82, 2.24) is 4.40 Å². The highest BCUT2D eigenvalue weighted by Gasteiger charge is 2.40. The lowest BCUT2D eigenvalue weighted by atomic mass is 10.0. The van der Waals surface area contributed by atoms with Crippen LogP contribution in [0.5, 0.6) is 0 Å². The molecule has 2 aromatic carbocycles. The molecule has 0 fully saturated rings. The van der Waals surface area contributed by atoms with Crippen LogP contribution in [0.25, 0.3) is 27.3 Å². The summed E-state index contributed by atoms with van der Waals surface area (Å²) in [5, 5.41) is 5.97. The van der Waals surface area contributed by atoms with Gasteiger partial charge in [0.1, 0.15) is 24.0 Å².